The lowest BCUT2D eigenvalue weighted by atomic mass is 10.1. The fraction of sp³-hybridized carbons (Fsp3) is 0.0625. The predicted octanol–water partition coefficient (Wildman–Crippen LogP) is 3.28. The van der Waals surface area contributed by atoms with Crippen LogP contribution in [0.1, 0.15) is 16.7 Å². The van der Waals surface area contributed by atoms with E-state index in [-0.39, 0.29) is 0 Å². The molecule has 0 spiro atoms. The molecule has 0 unspecified atom stereocenters. The fourth-order valence-corrected chi connectivity index (χ4v) is 1.51. The third kappa shape index (κ3) is 3.32. The number of rotatable bonds is 2. The number of hydrogen-bond acceptors (Lipinski definition) is 1. The average Bonchev–Trinajstić information content (AvgIpc) is 2.41. The van der Waals surface area contributed by atoms with Crippen LogP contribution in [0.15, 0.2) is 54.6 Å². The maximum absolute atomic E-state index is 7.10. The molecular formula is C16H13N. The Morgan fingerprint density at radius 2 is 1.65 bits per heavy atom. The van der Waals surface area contributed by atoms with Gasteiger partial charge < -0.3 is 5.41 Å². The Kier molecular flexibility index (Phi) is 3.72. The first-order valence-corrected chi connectivity index (χ1v) is 5.52. The van der Waals surface area contributed by atoms with Crippen LogP contribution in [0.3, 0.4) is 0 Å². The maximum Gasteiger partial charge on any atom is 0.0344 e. The van der Waals surface area contributed by atoms with Crippen molar-refractivity contribution in [3.63, 3.8) is 0 Å². The van der Waals surface area contributed by atoms with Crippen molar-refractivity contribution in [3.8, 4) is 11.8 Å². The highest BCUT2D eigenvalue weighted by Crippen LogP contribution is 2.02. The van der Waals surface area contributed by atoms with Gasteiger partial charge in [-0.1, -0.05) is 54.3 Å². The van der Waals surface area contributed by atoms with Gasteiger partial charge in [0.2, 0.25) is 0 Å². The molecule has 1 nitrogen and oxygen atoms in total. The second-order valence-corrected chi connectivity index (χ2v) is 3.73. The minimum absolute atomic E-state index is 0.771. The van der Waals surface area contributed by atoms with Crippen LogP contribution in [-0.2, 0) is 6.42 Å². The van der Waals surface area contributed by atoms with Crippen molar-refractivity contribution in [1.82, 2.24) is 0 Å². The van der Waals surface area contributed by atoms with Crippen LogP contribution < -0.4 is 0 Å². The van der Waals surface area contributed by atoms with Gasteiger partial charge >= 0.3 is 0 Å². The largest absolute Gasteiger partial charge is 0.308 e. The van der Waals surface area contributed by atoms with Gasteiger partial charge in [0.05, 0.1) is 0 Å². The lowest BCUT2D eigenvalue weighted by Crippen LogP contribution is -1.81. The zero-order valence-corrected chi connectivity index (χ0v) is 9.48. The molecule has 0 fully saturated rings. The molecule has 82 valence electrons. The van der Waals surface area contributed by atoms with Gasteiger partial charge in [0.25, 0.3) is 0 Å². The Morgan fingerprint density at radius 1 is 0.941 bits per heavy atom. The standard InChI is InChI=1S/C16H13N/c17-13-16-11-9-15(10-12-16)8-4-7-14-5-2-1-3-6-14/h1-3,5-6,9-13,17H,7H2. The lowest BCUT2D eigenvalue weighted by Gasteiger charge is -1.93. The summed E-state index contributed by atoms with van der Waals surface area (Å²) in [6.45, 7) is 0. The molecule has 0 heterocycles. The minimum Gasteiger partial charge on any atom is -0.308 e. The monoisotopic (exact) mass is 219 g/mol. The summed E-state index contributed by atoms with van der Waals surface area (Å²) in [6.07, 6.45) is 2.11. The van der Waals surface area contributed by atoms with Gasteiger partial charge in [-0.05, 0) is 23.3 Å². The molecule has 0 aromatic heterocycles. The average molecular weight is 219 g/mol. The quantitative estimate of drug-likeness (QED) is 0.592. The number of hydrogen-bond donors (Lipinski definition) is 1. The highest BCUT2D eigenvalue weighted by atomic mass is 14.3. The lowest BCUT2D eigenvalue weighted by molar-refractivity contribution is 1.32. The van der Waals surface area contributed by atoms with Gasteiger partial charge in [-0.25, -0.2) is 0 Å². The molecule has 0 aliphatic rings. The molecule has 0 amide bonds. The van der Waals surface area contributed by atoms with Crippen LogP contribution in [-0.4, -0.2) is 6.21 Å². The Balaban J connectivity index is 2.03. The molecule has 0 aliphatic heterocycles. The molecule has 0 aliphatic carbocycles. The topological polar surface area (TPSA) is 23.9 Å². The Bertz CT molecular complexity index is 542. The molecule has 0 radical (unpaired) electrons. The molecular weight excluding hydrogens is 206 g/mol. The van der Waals surface area contributed by atoms with Crippen molar-refractivity contribution in [2.24, 2.45) is 0 Å². The fourth-order valence-electron chi connectivity index (χ4n) is 1.51. The van der Waals surface area contributed by atoms with Crippen molar-refractivity contribution in [2.75, 3.05) is 0 Å². The van der Waals surface area contributed by atoms with Crippen LogP contribution in [0.4, 0.5) is 0 Å². The smallest absolute Gasteiger partial charge is 0.0344 e. The van der Waals surface area contributed by atoms with Crippen LogP contribution in [0.2, 0.25) is 0 Å². The van der Waals surface area contributed by atoms with Crippen LogP contribution in [0, 0.1) is 17.3 Å². The summed E-state index contributed by atoms with van der Waals surface area (Å²) >= 11 is 0. The van der Waals surface area contributed by atoms with Gasteiger partial charge in [0, 0.05) is 18.2 Å². The predicted molar refractivity (Wildman–Crippen MR) is 71.4 cm³/mol. The number of nitrogens with one attached hydrogen (secondary N) is 1. The van der Waals surface area contributed by atoms with Crippen molar-refractivity contribution in [1.29, 1.82) is 5.41 Å². The highest BCUT2D eigenvalue weighted by molar-refractivity contribution is 5.77. The molecule has 1 heteroatoms. The summed E-state index contributed by atoms with van der Waals surface area (Å²) in [5.41, 5.74) is 3.13. The summed E-state index contributed by atoms with van der Waals surface area (Å²) in [4.78, 5) is 0. The second-order valence-electron chi connectivity index (χ2n) is 3.73. The normalized spacial score (nSPS) is 9.18. The highest BCUT2D eigenvalue weighted by Gasteiger charge is 1.88. The molecule has 17 heavy (non-hydrogen) atoms. The van der Waals surface area contributed by atoms with E-state index in [2.05, 4.69) is 24.0 Å². The van der Waals surface area contributed by atoms with Crippen LogP contribution in [0.25, 0.3) is 0 Å². The second kappa shape index (κ2) is 5.67. The van der Waals surface area contributed by atoms with Crippen molar-refractivity contribution < 1.29 is 0 Å². The van der Waals surface area contributed by atoms with E-state index < -0.39 is 0 Å². The van der Waals surface area contributed by atoms with E-state index in [4.69, 9.17) is 5.41 Å². The van der Waals surface area contributed by atoms with Crippen molar-refractivity contribution in [2.45, 2.75) is 6.42 Å². The van der Waals surface area contributed by atoms with Gasteiger partial charge in [0.15, 0.2) is 0 Å². The molecule has 1 N–H and O–H groups in total. The van der Waals surface area contributed by atoms with Gasteiger partial charge in [-0.15, -0.1) is 0 Å². The summed E-state index contributed by atoms with van der Waals surface area (Å²) in [7, 11) is 0. The molecule has 2 aromatic rings. The first kappa shape index (κ1) is 11.2. The SMILES string of the molecule is N=Cc1ccc(C#CCc2ccccc2)cc1. The molecule has 2 aromatic carbocycles. The van der Waals surface area contributed by atoms with Gasteiger partial charge in [0.1, 0.15) is 0 Å². The van der Waals surface area contributed by atoms with Crippen molar-refractivity contribution >= 4 is 6.21 Å². The third-order valence-electron chi connectivity index (χ3n) is 2.45. The minimum atomic E-state index is 0.771. The summed E-state index contributed by atoms with van der Waals surface area (Å²) in [5.74, 6) is 6.27. The Morgan fingerprint density at radius 3 is 2.29 bits per heavy atom. The summed E-state index contributed by atoms with van der Waals surface area (Å²) in [5, 5.41) is 7.10. The van der Waals surface area contributed by atoms with E-state index in [1.807, 2.05) is 42.5 Å². The first-order chi connectivity index (χ1) is 8.38. The van der Waals surface area contributed by atoms with Gasteiger partial charge in [-0.3, -0.25) is 0 Å². The van der Waals surface area contributed by atoms with Crippen molar-refractivity contribution in [3.05, 3.63) is 71.3 Å². The van der Waals surface area contributed by atoms with E-state index in [0.29, 0.717) is 0 Å². The zero-order chi connectivity index (χ0) is 11.9. The molecule has 2 rings (SSSR count). The summed E-state index contributed by atoms with van der Waals surface area (Å²) < 4.78 is 0. The zero-order valence-electron chi connectivity index (χ0n) is 9.48. The Hall–Kier alpha value is -2.33. The third-order valence-corrected chi connectivity index (χ3v) is 2.45. The van der Waals surface area contributed by atoms with Crippen LogP contribution in [0.5, 0.6) is 0 Å². The summed E-state index contributed by atoms with van der Waals surface area (Å²) in [6, 6.07) is 17.9. The first-order valence-electron chi connectivity index (χ1n) is 5.52. The van der Waals surface area contributed by atoms with Gasteiger partial charge in [-0.2, -0.15) is 0 Å². The van der Waals surface area contributed by atoms with E-state index in [1.165, 1.54) is 11.8 Å². The van der Waals surface area contributed by atoms with Crippen LogP contribution >= 0.6 is 0 Å². The Labute approximate surface area is 102 Å². The molecule has 0 saturated carbocycles. The maximum atomic E-state index is 7.10. The molecule has 0 atom stereocenters. The molecule has 0 saturated heterocycles. The van der Waals surface area contributed by atoms with E-state index in [1.54, 1.807) is 0 Å². The molecule has 0 bridgehead atoms. The van der Waals surface area contributed by atoms with E-state index in [0.717, 1.165) is 17.5 Å². The van der Waals surface area contributed by atoms with E-state index in [9.17, 15) is 0 Å². The number of benzene rings is 2. The van der Waals surface area contributed by atoms with E-state index >= 15 is 0 Å².